The third-order valence-electron chi connectivity index (χ3n) is 1.74. The van der Waals surface area contributed by atoms with Crippen molar-refractivity contribution in [3.8, 4) is 0 Å². The lowest BCUT2D eigenvalue weighted by molar-refractivity contribution is 1.22. The smallest absolute Gasteiger partial charge is 0.0736 e. The summed E-state index contributed by atoms with van der Waals surface area (Å²) in [4.78, 5) is 8.41. The predicted molar refractivity (Wildman–Crippen MR) is 52.0 cm³/mol. The summed E-state index contributed by atoms with van der Waals surface area (Å²) < 4.78 is 1.03. The van der Waals surface area contributed by atoms with Crippen molar-refractivity contribution >= 4 is 26.8 Å². The number of hydrogen-bond acceptors (Lipinski definition) is 2. The molecule has 0 atom stereocenters. The second kappa shape index (κ2) is 2.83. The Morgan fingerprint density at radius 3 is 3.08 bits per heavy atom. The van der Waals surface area contributed by atoms with E-state index in [1.54, 1.807) is 6.20 Å². The van der Waals surface area contributed by atoms with Crippen LogP contribution in [0.4, 0.5) is 0 Å². The third-order valence-corrected chi connectivity index (χ3v) is 2.55. The molecule has 0 saturated heterocycles. The summed E-state index contributed by atoms with van der Waals surface area (Å²) in [6, 6.07) is 3.94. The molecule has 2 rings (SSSR count). The third kappa shape index (κ3) is 1.20. The molecule has 0 saturated carbocycles. The van der Waals surface area contributed by atoms with Crippen LogP contribution in [0.5, 0.6) is 0 Å². The van der Waals surface area contributed by atoms with Crippen LogP contribution in [-0.2, 0) is 0 Å². The molecule has 0 unspecified atom stereocenters. The number of aromatic nitrogens is 2. The number of rotatable bonds is 0. The van der Waals surface area contributed by atoms with Gasteiger partial charge in [0.15, 0.2) is 0 Å². The highest BCUT2D eigenvalue weighted by Gasteiger charge is 1.98. The minimum absolute atomic E-state index is 0.991. The van der Waals surface area contributed by atoms with Gasteiger partial charge in [-0.2, -0.15) is 0 Å². The summed E-state index contributed by atoms with van der Waals surface area (Å²) in [6.07, 6.45) is 3.56. The van der Waals surface area contributed by atoms with E-state index in [0.717, 1.165) is 21.1 Å². The van der Waals surface area contributed by atoms with Gasteiger partial charge in [0.05, 0.1) is 11.2 Å². The summed E-state index contributed by atoms with van der Waals surface area (Å²) in [5.74, 6) is 0. The van der Waals surface area contributed by atoms with Gasteiger partial charge in [0, 0.05) is 22.3 Å². The Hall–Kier alpha value is -0.960. The van der Waals surface area contributed by atoms with E-state index in [1.807, 2.05) is 25.3 Å². The van der Waals surface area contributed by atoms with Crippen LogP contribution in [0.25, 0.3) is 10.9 Å². The molecule has 0 aromatic carbocycles. The Morgan fingerprint density at radius 2 is 2.25 bits per heavy atom. The lowest BCUT2D eigenvalue weighted by Crippen LogP contribution is -1.85. The number of halogens is 1. The van der Waals surface area contributed by atoms with Gasteiger partial charge in [0.25, 0.3) is 0 Å². The van der Waals surface area contributed by atoms with Crippen molar-refractivity contribution < 1.29 is 0 Å². The largest absolute Gasteiger partial charge is 0.264 e. The van der Waals surface area contributed by atoms with Gasteiger partial charge in [-0.1, -0.05) is 0 Å². The molecule has 0 radical (unpaired) electrons. The van der Waals surface area contributed by atoms with Crippen LogP contribution in [0.2, 0.25) is 0 Å². The van der Waals surface area contributed by atoms with Crippen LogP contribution in [-0.4, -0.2) is 9.97 Å². The number of hydrogen-bond donors (Lipinski definition) is 0. The van der Waals surface area contributed by atoms with Crippen LogP contribution < -0.4 is 0 Å². The SMILES string of the molecule is Cc1nc2ccncc2cc1Br. The quantitative estimate of drug-likeness (QED) is 0.686. The van der Waals surface area contributed by atoms with E-state index in [1.165, 1.54) is 0 Å². The zero-order chi connectivity index (χ0) is 8.55. The van der Waals surface area contributed by atoms with Crippen LogP contribution in [0, 0.1) is 6.92 Å². The highest BCUT2D eigenvalue weighted by atomic mass is 79.9. The fourth-order valence-corrected chi connectivity index (χ4v) is 1.42. The molecule has 2 heterocycles. The summed E-state index contributed by atoms with van der Waals surface area (Å²) in [7, 11) is 0. The summed E-state index contributed by atoms with van der Waals surface area (Å²) in [5.41, 5.74) is 2.00. The molecule has 0 aliphatic rings. The zero-order valence-corrected chi connectivity index (χ0v) is 8.17. The van der Waals surface area contributed by atoms with E-state index in [-0.39, 0.29) is 0 Å². The molecule has 2 nitrogen and oxygen atoms in total. The van der Waals surface area contributed by atoms with E-state index >= 15 is 0 Å². The number of aryl methyl sites for hydroxylation is 1. The molecule has 2 aromatic heterocycles. The number of pyridine rings is 2. The van der Waals surface area contributed by atoms with Gasteiger partial charge in [0.2, 0.25) is 0 Å². The van der Waals surface area contributed by atoms with Gasteiger partial charge in [-0.15, -0.1) is 0 Å². The molecule has 0 bridgehead atoms. The molecular weight excluding hydrogens is 216 g/mol. The van der Waals surface area contributed by atoms with Gasteiger partial charge in [-0.05, 0) is 35.0 Å². The lowest BCUT2D eigenvalue weighted by Gasteiger charge is -1.99. The molecule has 2 aromatic rings. The second-order valence-electron chi connectivity index (χ2n) is 2.62. The van der Waals surface area contributed by atoms with Crippen molar-refractivity contribution in [3.63, 3.8) is 0 Å². The van der Waals surface area contributed by atoms with Crippen LogP contribution in [0.3, 0.4) is 0 Å². The van der Waals surface area contributed by atoms with Gasteiger partial charge in [0.1, 0.15) is 0 Å². The summed E-state index contributed by atoms with van der Waals surface area (Å²) >= 11 is 3.43. The Balaban J connectivity index is 2.84. The predicted octanol–water partition coefficient (Wildman–Crippen LogP) is 2.70. The molecule has 0 aliphatic heterocycles. The van der Waals surface area contributed by atoms with E-state index in [9.17, 15) is 0 Å². The van der Waals surface area contributed by atoms with E-state index < -0.39 is 0 Å². The maximum Gasteiger partial charge on any atom is 0.0736 e. The van der Waals surface area contributed by atoms with Crippen molar-refractivity contribution in [1.29, 1.82) is 0 Å². The summed E-state index contributed by atoms with van der Waals surface area (Å²) in [6.45, 7) is 1.98. The Bertz CT molecular complexity index is 385. The van der Waals surface area contributed by atoms with Crippen LogP contribution in [0.15, 0.2) is 29.0 Å². The van der Waals surface area contributed by atoms with Gasteiger partial charge in [-0.25, -0.2) is 0 Å². The molecule has 0 spiro atoms. The molecular formula is C9H7BrN2. The number of fused-ring (bicyclic) bond motifs is 1. The zero-order valence-electron chi connectivity index (χ0n) is 6.58. The summed E-state index contributed by atoms with van der Waals surface area (Å²) in [5, 5.41) is 1.06. The van der Waals surface area contributed by atoms with Crippen molar-refractivity contribution in [2.24, 2.45) is 0 Å². The lowest BCUT2D eigenvalue weighted by atomic mass is 10.2. The molecule has 60 valence electrons. The standard InChI is InChI=1S/C9H7BrN2/c1-6-8(10)4-7-5-11-3-2-9(7)12-6/h2-5H,1H3. The van der Waals surface area contributed by atoms with E-state index in [0.29, 0.717) is 0 Å². The van der Waals surface area contributed by atoms with Crippen molar-refractivity contribution in [2.75, 3.05) is 0 Å². The average molecular weight is 223 g/mol. The van der Waals surface area contributed by atoms with Crippen molar-refractivity contribution in [3.05, 3.63) is 34.7 Å². The highest BCUT2D eigenvalue weighted by Crippen LogP contribution is 2.19. The first-order chi connectivity index (χ1) is 5.77. The molecule has 0 amide bonds. The van der Waals surface area contributed by atoms with E-state index in [2.05, 4.69) is 25.9 Å². The van der Waals surface area contributed by atoms with Crippen LogP contribution in [0.1, 0.15) is 5.69 Å². The molecule has 3 heteroatoms. The topological polar surface area (TPSA) is 25.8 Å². The molecule has 0 aliphatic carbocycles. The Kier molecular flexibility index (Phi) is 1.81. The van der Waals surface area contributed by atoms with Crippen LogP contribution >= 0.6 is 15.9 Å². The Labute approximate surface area is 78.8 Å². The fraction of sp³-hybridized carbons (Fsp3) is 0.111. The maximum absolute atomic E-state index is 4.39. The van der Waals surface area contributed by atoms with Gasteiger partial charge >= 0.3 is 0 Å². The first-order valence-electron chi connectivity index (χ1n) is 3.64. The minimum Gasteiger partial charge on any atom is -0.264 e. The average Bonchev–Trinajstić information content (AvgIpc) is 2.07. The maximum atomic E-state index is 4.39. The minimum atomic E-state index is 0.991. The highest BCUT2D eigenvalue weighted by molar-refractivity contribution is 9.10. The van der Waals surface area contributed by atoms with Gasteiger partial charge in [-0.3, -0.25) is 9.97 Å². The van der Waals surface area contributed by atoms with Crippen molar-refractivity contribution in [1.82, 2.24) is 9.97 Å². The first kappa shape index (κ1) is 7.68. The van der Waals surface area contributed by atoms with Crippen molar-refractivity contribution in [2.45, 2.75) is 6.92 Å². The second-order valence-corrected chi connectivity index (χ2v) is 3.48. The fourth-order valence-electron chi connectivity index (χ4n) is 1.09. The first-order valence-corrected chi connectivity index (χ1v) is 4.43. The molecule has 0 fully saturated rings. The number of nitrogens with zero attached hydrogens (tertiary/aromatic N) is 2. The normalized spacial score (nSPS) is 10.5. The monoisotopic (exact) mass is 222 g/mol. The van der Waals surface area contributed by atoms with Gasteiger partial charge < -0.3 is 0 Å². The van der Waals surface area contributed by atoms with E-state index in [4.69, 9.17) is 0 Å². The molecule has 12 heavy (non-hydrogen) atoms. The molecule has 0 N–H and O–H groups in total. The Morgan fingerprint density at radius 1 is 1.42 bits per heavy atom.